The van der Waals surface area contributed by atoms with Crippen LogP contribution < -0.4 is 10.7 Å². The van der Waals surface area contributed by atoms with Gasteiger partial charge in [-0.2, -0.15) is 5.10 Å². The van der Waals surface area contributed by atoms with E-state index in [9.17, 15) is 20.1 Å². The van der Waals surface area contributed by atoms with Crippen molar-refractivity contribution in [2.45, 2.75) is 25.2 Å². The minimum atomic E-state index is -1.59. The van der Waals surface area contributed by atoms with Crippen LogP contribution in [-0.4, -0.2) is 63.4 Å². The summed E-state index contributed by atoms with van der Waals surface area (Å²) in [7, 11) is 0. The largest absolute Gasteiger partial charge is 0.394 e. The lowest BCUT2D eigenvalue weighted by Crippen LogP contribution is -2.41. The quantitative estimate of drug-likeness (QED) is 0.209. The smallest absolute Gasteiger partial charge is 0.276 e. The van der Waals surface area contributed by atoms with Gasteiger partial charge in [-0.1, -0.05) is 29.8 Å². The summed E-state index contributed by atoms with van der Waals surface area (Å²) < 4.78 is 0. The minimum Gasteiger partial charge on any atom is -0.394 e. The number of aliphatic hydroxyl groups excluding tert-OH is 4. The number of nitrogens with zero attached hydrogens (tertiary/aromatic N) is 2. The van der Waals surface area contributed by atoms with E-state index >= 15 is 0 Å². The number of hydrazone groups is 1. The first kappa shape index (κ1) is 18.7. The SMILES string of the molecule is Cc1ccc(/C=C2/N=C(N/N=C\C(O)C(O)C(O)CO)NC2=O)cc1. The third-order valence-corrected chi connectivity index (χ3v) is 3.41. The molecular formula is C16H20N4O5. The molecule has 1 amide bonds. The molecule has 6 N–H and O–H groups in total. The first-order chi connectivity index (χ1) is 11.9. The molecule has 0 radical (unpaired) electrons. The number of aliphatic imine (C=N–C) groups is 1. The van der Waals surface area contributed by atoms with E-state index in [4.69, 9.17) is 5.11 Å². The summed E-state index contributed by atoms with van der Waals surface area (Å²) in [5.41, 5.74) is 4.53. The second-order valence-corrected chi connectivity index (χ2v) is 5.48. The summed E-state index contributed by atoms with van der Waals surface area (Å²) in [6.07, 6.45) is -2.06. The molecule has 1 aromatic carbocycles. The number of nitrogens with one attached hydrogen (secondary N) is 2. The fourth-order valence-corrected chi connectivity index (χ4v) is 1.94. The normalized spacial score (nSPS) is 19.6. The molecule has 0 spiro atoms. The van der Waals surface area contributed by atoms with Crippen LogP contribution in [0.25, 0.3) is 6.08 Å². The van der Waals surface area contributed by atoms with E-state index in [0.717, 1.165) is 17.3 Å². The van der Waals surface area contributed by atoms with Gasteiger partial charge in [0.25, 0.3) is 5.91 Å². The summed E-state index contributed by atoms with van der Waals surface area (Å²) in [4.78, 5) is 15.9. The molecule has 134 valence electrons. The molecule has 2 rings (SSSR count). The second kappa shape index (κ2) is 8.49. The first-order valence-corrected chi connectivity index (χ1v) is 7.53. The van der Waals surface area contributed by atoms with Crippen LogP contribution in [0.5, 0.6) is 0 Å². The van der Waals surface area contributed by atoms with Crippen molar-refractivity contribution in [1.29, 1.82) is 0 Å². The molecule has 3 atom stereocenters. The number of aryl methyl sites for hydroxylation is 1. The molecule has 1 aliphatic heterocycles. The van der Waals surface area contributed by atoms with Crippen molar-refractivity contribution in [3.63, 3.8) is 0 Å². The number of carbonyl (C=O) groups is 1. The molecule has 0 aliphatic carbocycles. The monoisotopic (exact) mass is 348 g/mol. The number of rotatable bonds is 6. The molecule has 9 nitrogen and oxygen atoms in total. The number of aliphatic hydroxyl groups is 4. The number of amides is 1. The number of benzene rings is 1. The first-order valence-electron chi connectivity index (χ1n) is 7.53. The average Bonchev–Trinajstić information content (AvgIpc) is 2.94. The third kappa shape index (κ3) is 5.19. The van der Waals surface area contributed by atoms with Crippen LogP contribution in [-0.2, 0) is 4.79 Å². The maximum Gasteiger partial charge on any atom is 0.276 e. The standard InChI is InChI=1S/C16H20N4O5/c1-9-2-4-10(5-3-9)6-11-15(25)19-16(18-11)20-17-7-12(22)14(24)13(23)8-21/h2-7,12-14,21-24H,8H2,1H3,(H2,18,19,20,25)/b11-6+,17-7-. The lowest BCUT2D eigenvalue weighted by atomic mass is 10.1. The predicted molar refractivity (Wildman–Crippen MR) is 91.5 cm³/mol. The predicted octanol–water partition coefficient (Wildman–Crippen LogP) is -1.53. The van der Waals surface area contributed by atoms with Gasteiger partial charge in [-0.15, -0.1) is 0 Å². The number of hydrogen-bond donors (Lipinski definition) is 6. The molecule has 1 aliphatic rings. The molecule has 25 heavy (non-hydrogen) atoms. The van der Waals surface area contributed by atoms with Crippen molar-refractivity contribution in [2.24, 2.45) is 10.1 Å². The van der Waals surface area contributed by atoms with E-state index in [1.807, 2.05) is 31.2 Å². The highest BCUT2D eigenvalue weighted by molar-refractivity contribution is 6.13. The Morgan fingerprint density at radius 3 is 2.60 bits per heavy atom. The summed E-state index contributed by atoms with van der Waals surface area (Å²) in [6, 6.07) is 7.55. The Morgan fingerprint density at radius 2 is 1.96 bits per heavy atom. The Kier molecular flexibility index (Phi) is 6.37. The van der Waals surface area contributed by atoms with Crippen molar-refractivity contribution >= 4 is 24.2 Å². The van der Waals surface area contributed by atoms with Crippen molar-refractivity contribution in [3.05, 3.63) is 41.1 Å². The van der Waals surface area contributed by atoms with E-state index in [1.54, 1.807) is 6.08 Å². The molecule has 0 aromatic heterocycles. The fourth-order valence-electron chi connectivity index (χ4n) is 1.94. The highest BCUT2D eigenvalue weighted by atomic mass is 16.4. The number of hydrogen-bond acceptors (Lipinski definition) is 8. The zero-order valence-electron chi connectivity index (χ0n) is 13.5. The molecule has 0 bridgehead atoms. The van der Waals surface area contributed by atoms with Gasteiger partial charge in [0.2, 0.25) is 5.96 Å². The Hall–Kier alpha value is -2.59. The second-order valence-electron chi connectivity index (χ2n) is 5.48. The number of guanidine groups is 1. The molecule has 1 heterocycles. The average molecular weight is 348 g/mol. The van der Waals surface area contributed by atoms with Crippen LogP contribution in [0.4, 0.5) is 0 Å². The zero-order valence-corrected chi connectivity index (χ0v) is 13.5. The Labute approximate surface area is 144 Å². The fraction of sp³-hybridized carbons (Fsp3) is 0.312. The van der Waals surface area contributed by atoms with E-state index in [-0.39, 0.29) is 11.7 Å². The zero-order chi connectivity index (χ0) is 18.4. The number of carbonyl (C=O) groups excluding carboxylic acids is 1. The van der Waals surface area contributed by atoms with Crippen molar-refractivity contribution in [3.8, 4) is 0 Å². The van der Waals surface area contributed by atoms with Gasteiger partial charge in [0, 0.05) is 0 Å². The van der Waals surface area contributed by atoms with Crippen molar-refractivity contribution in [1.82, 2.24) is 10.7 Å². The molecule has 1 aromatic rings. The van der Waals surface area contributed by atoms with E-state index in [0.29, 0.717) is 0 Å². The van der Waals surface area contributed by atoms with Gasteiger partial charge in [0.1, 0.15) is 24.0 Å². The van der Waals surface area contributed by atoms with Crippen molar-refractivity contribution < 1.29 is 25.2 Å². The highest BCUT2D eigenvalue weighted by Crippen LogP contribution is 2.12. The maximum atomic E-state index is 11.9. The van der Waals surface area contributed by atoms with Gasteiger partial charge in [-0.25, -0.2) is 10.4 Å². The van der Waals surface area contributed by atoms with Gasteiger partial charge in [-0.05, 0) is 18.6 Å². The molecule has 0 saturated carbocycles. The maximum absolute atomic E-state index is 11.9. The lowest BCUT2D eigenvalue weighted by Gasteiger charge is -2.17. The van der Waals surface area contributed by atoms with Crippen molar-refractivity contribution in [2.75, 3.05) is 6.61 Å². The third-order valence-electron chi connectivity index (χ3n) is 3.41. The lowest BCUT2D eigenvalue weighted by molar-refractivity contribution is -0.115. The van der Waals surface area contributed by atoms with Gasteiger partial charge in [0.05, 0.1) is 12.8 Å². The molecule has 3 unspecified atom stereocenters. The van der Waals surface area contributed by atoms with Gasteiger partial charge in [0.15, 0.2) is 0 Å². The summed E-state index contributed by atoms with van der Waals surface area (Å²) in [6.45, 7) is 1.26. The van der Waals surface area contributed by atoms with Crippen LogP contribution in [0.2, 0.25) is 0 Å². The molecule has 0 saturated heterocycles. The van der Waals surface area contributed by atoms with E-state index in [1.165, 1.54) is 0 Å². The summed E-state index contributed by atoms with van der Waals surface area (Å²) in [5, 5.41) is 43.0. The van der Waals surface area contributed by atoms with Gasteiger partial charge in [-0.3, -0.25) is 10.1 Å². The molecular weight excluding hydrogens is 328 g/mol. The Balaban J connectivity index is 1.98. The summed E-state index contributed by atoms with van der Waals surface area (Å²) in [5.74, 6) is -0.349. The molecule has 0 fully saturated rings. The van der Waals surface area contributed by atoms with Crippen LogP contribution in [0, 0.1) is 6.92 Å². The highest BCUT2D eigenvalue weighted by Gasteiger charge is 2.23. The molecule has 9 heteroatoms. The summed E-state index contributed by atoms with van der Waals surface area (Å²) >= 11 is 0. The topological polar surface area (TPSA) is 147 Å². The van der Waals surface area contributed by atoms with Crippen LogP contribution in [0.15, 0.2) is 40.1 Å². The van der Waals surface area contributed by atoms with Crippen LogP contribution in [0.1, 0.15) is 11.1 Å². The van der Waals surface area contributed by atoms with Crippen LogP contribution >= 0.6 is 0 Å². The Bertz CT molecular complexity index is 699. The van der Waals surface area contributed by atoms with Gasteiger partial charge >= 0.3 is 0 Å². The Morgan fingerprint density at radius 1 is 1.28 bits per heavy atom. The van der Waals surface area contributed by atoms with Crippen LogP contribution in [0.3, 0.4) is 0 Å². The van der Waals surface area contributed by atoms with Gasteiger partial charge < -0.3 is 20.4 Å². The van der Waals surface area contributed by atoms with E-state index < -0.39 is 30.8 Å². The van der Waals surface area contributed by atoms with E-state index in [2.05, 4.69) is 20.8 Å². The minimum absolute atomic E-state index is 0.0593.